The lowest BCUT2D eigenvalue weighted by Gasteiger charge is -2.36. The first kappa shape index (κ1) is 50.3. The van der Waals surface area contributed by atoms with E-state index in [-0.39, 0.29) is 49.5 Å². The smallest absolute Gasteiger partial charge is 0.323 e. The van der Waals surface area contributed by atoms with Crippen molar-refractivity contribution in [3.63, 3.8) is 0 Å². The summed E-state index contributed by atoms with van der Waals surface area (Å²) in [5.74, 6) is -4.29. The number of carbonyl (C=O) groups excluding carboxylic acids is 6. The van der Waals surface area contributed by atoms with Crippen LogP contribution in [0.25, 0.3) is 0 Å². The topological polar surface area (TPSA) is 145 Å². The number of rotatable bonds is 23. The summed E-state index contributed by atoms with van der Waals surface area (Å²) in [4.78, 5) is 81.9. The predicted molar refractivity (Wildman–Crippen MR) is 249 cm³/mol. The van der Waals surface area contributed by atoms with Crippen LogP contribution in [0.1, 0.15) is 103 Å². The first-order chi connectivity index (χ1) is 29.8. The zero-order valence-electron chi connectivity index (χ0n) is 38.0. The zero-order chi connectivity index (χ0) is 46.2. The number of ether oxygens (including phenoxy) is 2. The molecule has 0 fully saturated rings. The Kier molecular flexibility index (Phi) is 18.6. The van der Waals surface area contributed by atoms with Gasteiger partial charge in [-0.05, 0) is 90.6 Å². The summed E-state index contributed by atoms with van der Waals surface area (Å²) in [6.45, 7) is 11.9. The second-order valence-electron chi connectivity index (χ2n) is 18.0. The first-order valence-electron chi connectivity index (χ1n) is 21.6. The van der Waals surface area contributed by atoms with Gasteiger partial charge in [0.2, 0.25) is 5.91 Å². The van der Waals surface area contributed by atoms with E-state index >= 15 is 0 Å². The van der Waals surface area contributed by atoms with Crippen molar-refractivity contribution in [3.8, 4) is 0 Å². The second-order valence-corrected chi connectivity index (χ2v) is 19.2. The third kappa shape index (κ3) is 15.7. The fraction of sp³-hybridized carbons (Fsp3) is 0.423. The minimum absolute atomic E-state index is 0.0659. The average molecular weight is 877 g/mol. The lowest BCUT2D eigenvalue weighted by atomic mass is 9.84. The number of carbonyl (C=O) groups is 6. The van der Waals surface area contributed by atoms with Gasteiger partial charge in [0, 0.05) is 30.9 Å². The van der Waals surface area contributed by atoms with Gasteiger partial charge in [0.05, 0.1) is 23.1 Å². The third-order valence-corrected chi connectivity index (χ3v) is 12.2. The van der Waals surface area contributed by atoms with Crippen LogP contribution in [-0.2, 0) is 49.4 Å². The SMILES string of the molecule is CN[C@@H](CCC(=O)C[C@@H](CC(=O)OC(C)(C)C)C(=O)N[C@@H](Cc1ccccc1)C(=O)C[C@@H](CSC(c1ccccc1)(c1ccccc1)c1ccccc1)C(C)=O)C(=O)OC(C)(C)C. The van der Waals surface area contributed by atoms with E-state index in [0.717, 1.165) is 22.3 Å². The highest BCUT2D eigenvalue weighted by atomic mass is 32.2. The van der Waals surface area contributed by atoms with Crippen LogP contribution < -0.4 is 10.6 Å². The van der Waals surface area contributed by atoms with E-state index in [1.54, 1.807) is 60.4 Å². The molecule has 0 unspecified atom stereocenters. The number of benzene rings is 4. The van der Waals surface area contributed by atoms with Crippen molar-refractivity contribution in [3.05, 3.63) is 144 Å². The van der Waals surface area contributed by atoms with Crippen molar-refractivity contribution in [2.24, 2.45) is 11.8 Å². The molecular formula is C52H64N2O8S. The number of hydrogen-bond donors (Lipinski definition) is 2. The highest BCUT2D eigenvalue weighted by Crippen LogP contribution is 2.49. The summed E-state index contributed by atoms with van der Waals surface area (Å²) in [7, 11) is 1.60. The van der Waals surface area contributed by atoms with Gasteiger partial charge in [-0.3, -0.25) is 28.8 Å². The average Bonchev–Trinajstić information content (AvgIpc) is 3.23. The molecule has 0 aliphatic rings. The quantitative estimate of drug-likeness (QED) is 0.0549. The van der Waals surface area contributed by atoms with Crippen LogP contribution in [0.4, 0.5) is 0 Å². The maximum atomic E-state index is 14.6. The van der Waals surface area contributed by atoms with Crippen molar-refractivity contribution >= 4 is 47.0 Å². The molecule has 0 aromatic heterocycles. The summed E-state index contributed by atoms with van der Waals surface area (Å²) in [5.41, 5.74) is 2.27. The lowest BCUT2D eigenvalue weighted by Crippen LogP contribution is -2.47. The number of ketones is 3. The van der Waals surface area contributed by atoms with Gasteiger partial charge in [0.15, 0.2) is 5.78 Å². The molecule has 0 heterocycles. The summed E-state index contributed by atoms with van der Waals surface area (Å²) in [6.07, 6.45) is -0.711. The Morgan fingerprint density at radius 2 is 1.08 bits per heavy atom. The van der Waals surface area contributed by atoms with E-state index in [9.17, 15) is 28.8 Å². The van der Waals surface area contributed by atoms with Gasteiger partial charge in [-0.1, -0.05) is 121 Å². The van der Waals surface area contributed by atoms with Crippen LogP contribution in [0.2, 0.25) is 0 Å². The number of likely N-dealkylation sites (N-methyl/N-ethyl adjacent to an activating group) is 1. The Morgan fingerprint density at radius 3 is 1.52 bits per heavy atom. The van der Waals surface area contributed by atoms with E-state index < -0.39 is 64.1 Å². The van der Waals surface area contributed by atoms with Crippen LogP contribution in [0.3, 0.4) is 0 Å². The fourth-order valence-electron chi connectivity index (χ4n) is 7.36. The molecular weight excluding hydrogens is 813 g/mol. The summed E-state index contributed by atoms with van der Waals surface area (Å²) >= 11 is 1.59. The minimum Gasteiger partial charge on any atom is -0.460 e. The lowest BCUT2D eigenvalue weighted by molar-refractivity contribution is -0.158. The Hall–Kier alpha value is -5.39. The number of nitrogens with one attached hydrogen (secondary N) is 2. The Balaban J connectivity index is 1.62. The van der Waals surface area contributed by atoms with E-state index in [1.165, 1.54) is 6.92 Å². The molecule has 0 radical (unpaired) electrons. The van der Waals surface area contributed by atoms with Crippen LogP contribution in [0.5, 0.6) is 0 Å². The molecule has 0 aliphatic heterocycles. The molecule has 0 saturated carbocycles. The van der Waals surface area contributed by atoms with Gasteiger partial charge in [-0.2, -0.15) is 0 Å². The first-order valence-corrected chi connectivity index (χ1v) is 22.6. The number of esters is 2. The predicted octanol–water partition coefficient (Wildman–Crippen LogP) is 8.62. The molecule has 0 saturated heterocycles. The molecule has 4 aromatic rings. The Labute approximate surface area is 377 Å². The standard InChI is InChI=1S/C52H64N2O8S/c1-36(55)39(35-63-52(40-23-15-10-16-24-40,41-25-17-11-18-26-41)42-27-19-12-20-28-42)33-46(57)45(31-37-21-13-9-14-22-37)54-48(59)38(34-47(58)61-50(2,3)4)32-43(56)29-30-44(53-8)49(60)62-51(5,6)7/h9-28,38-39,44-45,53H,29-35H2,1-8H3,(H,54,59)/t38-,39-,44-,45-/m0/s1. The summed E-state index contributed by atoms with van der Waals surface area (Å²) in [6, 6.07) is 37.7. The molecule has 1 amide bonds. The molecule has 10 nitrogen and oxygen atoms in total. The third-order valence-electron chi connectivity index (χ3n) is 10.5. The maximum Gasteiger partial charge on any atom is 0.323 e. The number of hydrogen-bond acceptors (Lipinski definition) is 10. The molecule has 4 rings (SSSR count). The molecule has 0 bridgehead atoms. The van der Waals surface area contributed by atoms with Gasteiger partial charge in [-0.25, -0.2) is 0 Å². The van der Waals surface area contributed by atoms with Gasteiger partial charge in [0.1, 0.15) is 28.8 Å². The second kappa shape index (κ2) is 23.3. The van der Waals surface area contributed by atoms with Crippen LogP contribution in [-0.4, -0.2) is 71.3 Å². The van der Waals surface area contributed by atoms with Crippen molar-refractivity contribution in [2.75, 3.05) is 12.8 Å². The zero-order valence-corrected chi connectivity index (χ0v) is 38.8. The monoisotopic (exact) mass is 876 g/mol. The maximum absolute atomic E-state index is 14.6. The molecule has 336 valence electrons. The molecule has 4 aromatic carbocycles. The van der Waals surface area contributed by atoms with Crippen LogP contribution in [0, 0.1) is 11.8 Å². The summed E-state index contributed by atoms with van der Waals surface area (Å²) in [5, 5.41) is 5.80. The van der Waals surface area contributed by atoms with Gasteiger partial charge in [0.25, 0.3) is 0 Å². The van der Waals surface area contributed by atoms with Crippen molar-refractivity contribution in [1.82, 2.24) is 10.6 Å². The molecule has 11 heteroatoms. The van der Waals surface area contributed by atoms with E-state index in [1.807, 2.05) is 84.9 Å². The summed E-state index contributed by atoms with van der Waals surface area (Å²) < 4.78 is 10.3. The number of amides is 1. The minimum atomic E-state index is -1.17. The molecule has 0 aliphatic carbocycles. The van der Waals surface area contributed by atoms with Crippen molar-refractivity contribution < 1.29 is 38.2 Å². The highest BCUT2D eigenvalue weighted by Gasteiger charge is 2.39. The van der Waals surface area contributed by atoms with E-state index in [4.69, 9.17) is 9.47 Å². The van der Waals surface area contributed by atoms with E-state index in [2.05, 4.69) is 47.0 Å². The largest absolute Gasteiger partial charge is 0.460 e. The Morgan fingerprint density at radius 1 is 0.603 bits per heavy atom. The van der Waals surface area contributed by atoms with E-state index in [0.29, 0.717) is 5.75 Å². The number of Topliss-reactive ketones (excluding diaryl/α,β-unsaturated/α-hetero) is 3. The molecule has 0 spiro atoms. The number of thioether (sulfide) groups is 1. The van der Waals surface area contributed by atoms with Crippen LogP contribution >= 0.6 is 11.8 Å². The molecule has 63 heavy (non-hydrogen) atoms. The normalized spacial score (nSPS) is 13.8. The highest BCUT2D eigenvalue weighted by molar-refractivity contribution is 8.00. The van der Waals surface area contributed by atoms with Gasteiger partial charge < -0.3 is 20.1 Å². The van der Waals surface area contributed by atoms with Crippen molar-refractivity contribution in [1.29, 1.82) is 0 Å². The van der Waals surface area contributed by atoms with Gasteiger partial charge >= 0.3 is 11.9 Å². The Bertz CT molecular complexity index is 2020. The molecule has 4 atom stereocenters. The fourth-order valence-corrected chi connectivity index (χ4v) is 9.07. The van der Waals surface area contributed by atoms with Crippen LogP contribution in [0.15, 0.2) is 121 Å². The molecule has 2 N–H and O–H groups in total. The van der Waals surface area contributed by atoms with Gasteiger partial charge in [-0.15, -0.1) is 11.8 Å². The van der Waals surface area contributed by atoms with Crippen molar-refractivity contribution in [2.45, 2.75) is 115 Å².